The number of hydrogen-bond donors (Lipinski definition) is 4. The number of primary amides is 1. The van der Waals surface area contributed by atoms with Gasteiger partial charge in [-0.2, -0.15) is 17.9 Å². The molecule has 2 aliphatic rings. The zero-order valence-electron chi connectivity index (χ0n) is 65.0. The fraction of sp³-hybridized carbons (Fsp3) is 0.326. The Bertz CT molecular complexity index is 5210. The first-order valence-corrected chi connectivity index (χ1v) is 38.1. The quantitative estimate of drug-likeness (QED) is 0.0238. The monoisotopic (exact) mass is 1620 g/mol. The lowest BCUT2D eigenvalue weighted by atomic mass is 10.00. The van der Waals surface area contributed by atoms with Crippen LogP contribution in [-0.2, 0) is 62.3 Å². The van der Waals surface area contributed by atoms with Gasteiger partial charge in [-0.05, 0) is 192 Å². The first-order valence-electron chi connectivity index (χ1n) is 37.7. The maximum absolute atomic E-state index is 14.3. The van der Waals surface area contributed by atoms with Crippen LogP contribution in [0.3, 0.4) is 0 Å². The van der Waals surface area contributed by atoms with Crippen molar-refractivity contribution < 1.29 is 68.0 Å². The molecule has 7 aromatic carbocycles. The second kappa shape index (κ2) is 39.1. The van der Waals surface area contributed by atoms with Gasteiger partial charge in [0.15, 0.2) is 6.20 Å². The molecule has 0 spiro atoms. The Morgan fingerprint density at radius 2 is 1.10 bits per heavy atom. The average molecular weight is 1620 g/mol. The molecule has 2 saturated heterocycles. The summed E-state index contributed by atoms with van der Waals surface area (Å²) < 4.78 is 101. The maximum Gasteiger partial charge on any atom is 0.416 e. The average Bonchev–Trinajstić information content (AvgIpc) is 1.67. The van der Waals surface area contributed by atoms with E-state index in [0.29, 0.717) is 110 Å². The van der Waals surface area contributed by atoms with Gasteiger partial charge in [-0.25, -0.2) is 26.9 Å². The lowest BCUT2D eigenvalue weighted by Crippen LogP contribution is -2.52. The number of carbonyl (C=O) groups excluding carboxylic acids is 5. The SMILES string of the molecule is Cc1c(CN(CCc2ccc(Cl)cc2)C2CCN(C(=O)c3cccc[n+]3[O-])CC2)c(=O)n(-c2ccc(F)cc2)n1C.Cc1ccc(CCN(Cc2c(C)n(C)n(-c3ccc(F)cc3)c2=O)C2CCN(C(=O)c3c(F)cccc3F)CC2)cc1.Cc1ccc(CNC[C@H](NC(=O)CNC(=O)c2cccc(C(F)(F)F)c2)C(N)=O)c(C)c1.[HH].[HH].[HH].[HH].[HH].[HH]. The first kappa shape index (κ1) is 86.0. The normalized spacial score (nSPS) is 13.6. The van der Waals surface area contributed by atoms with Crippen molar-refractivity contribution in [2.24, 2.45) is 19.8 Å². The molecule has 2 fully saturated rings. The molecule has 0 aliphatic carbocycles. The van der Waals surface area contributed by atoms with Crippen LogP contribution in [0.5, 0.6) is 0 Å². The number of nitrogens with zero attached hydrogens (tertiary/aromatic N) is 9. The van der Waals surface area contributed by atoms with Crippen molar-refractivity contribution in [3.63, 3.8) is 0 Å². The van der Waals surface area contributed by atoms with Crippen molar-refractivity contribution in [3.8, 4) is 11.4 Å². The number of nitrogens with two attached hydrogens (primary N) is 1. The van der Waals surface area contributed by atoms with Gasteiger partial charge in [-0.15, -0.1) is 0 Å². The summed E-state index contributed by atoms with van der Waals surface area (Å²) in [6, 6.07) is 45.1. The number of aromatic nitrogens is 5. The fourth-order valence-corrected chi connectivity index (χ4v) is 14.3. The second-order valence-corrected chi connectivity index (χ2v) is 29.3. The Morgan fingerprint density at radius 1 is 0.609 bits per heavy atom. The van der Waals surface area contributed by atoms with Crippen LogP contribution in [0.2, 0.25) is 5.02 Å². The van der Waals surface area contributed by atoms with Crippen LogP contribution in [0.25, 0.3) is 11.4 Å². The number of rotatable bonds is 25. The molecular weight excluding hydrogens is 1510 g/mol. The van der Waals surface area contributed by atoms with Crippen molar-refractivity contribution >= 4 is 41.1 Å². The van der Waals surface area contributed by atoms with Crippen LogP contribution in [0.15, 0.2) is 192 Å². The maximum atomic E-state index is 14.3. The smallest absolute Gasteiger partial charge is 0.416 e. The summed E-state index contributed by atoms with van der Waals surface area (Å²) in [5.74, 6) is -5.69. The summed E-state index contributed by atoms with van der Waals surface area (Å²) in [5.41, 5.74) is 14.3. The van der Waals surface area contributed by atoms with Gasteiger partial charge < -0.3 is 36.7 Å². The number of benzene rings is 7. The minimum Gasteiger partial charge on any atom is -0.618 e. The molecule has 2 aliphatic heterocycles. The molecule has 115 heavy (non-hydrogen) atoms. The molecule has 10 aromatic rings. The van der Waals surface area contributed by atoms with Gasteiger partial charge in [0.2, 0.25) is 11.8 Å². The van der Waals surface area contributed by atoms with Gasteiger partial charge in [0, 0.05) is 134 Å². The summed E-state index contributed by atoms with van der Waals surface area (Å²) in [6.45, 7) is 13.8. The Balaban J connectivity index is 0.000000376. The molecule has 21 nitrogen and oxygen atoms in total. The van der Waals surface area contributed by atoms with E-state index in [1.165, 1.54) is 58.6 Å². The minimum absolute atomic E-state index is 0. The zero-order chi connectivity index (χ0) is 82.9. The highest BCUT2D eigenvalue weighted by Crippen LogP contribution is 2.31. The first-order chi connectivity index (χ1) is 54.8. The molecule has 618 valence electrons. The van der Waals surface area contributed by atoms with E-state index in [9.17, 15) is 69.5 Å². The third-order valence-electron chi connectivity index (χ3n) is 21.1. The Morgan fingerprint density at radius 3 is 1.58 bits per heavy atom. The molecule has 0 bridgehead atoms. The van der Waals surface area contributed by atoms with Crippen LogP contribution in [0.1, 0.15) is 127 Å². The highest BCUT2D eigenvalue weighted by atomic mass is 35.5. The summed E-state index contributed by atoms with van der Waals surface area (Å²) in [6.07, 6.45) is 0.936. The molecule has 29 heteroatoms. The van der Waals surface area contributed by atoms with Crippen LogP contribution >= 0.6 is 11.6 Å². The lowest BCUT2D eigenvalue weighted by Gasteiger charge is -2.38. The van der Waals surface area contributed by atoms with Crippen LogP contribution in [0.4, 0.5) is 30.7 Å². The van der Waals surface area contributed by atoms with Gasteiger partial charge >= 0.3 is 12.1 Å². The van der Waals surface area contributed by atoms with Gasteiger partial charge in [-0.1, -0.05) is 89.5 Å². The second-order valence-electron chi connectivity index (χ2n) is 28.8. The highest BCUT2D eigenvalue weighted by Gasteiger charge is 2.35. The molecule has 5 heterocycles. The molecule has 12 rings (SSSR count). The zero-order valence-corrected chi connectivity index (χ0v) is 65.7. The van der Waals surface area contributed by atoms with E-state index >= 15 is 0 Å². The summed E-state index contributed by atoms with van der Waals surface area (Å²) >= 11 is 6.08. The number of carbonyl (C=O) groups is 5. The third kappa shape index (κ3) is 22.3. The minimum atomic E-state index is -4.59. The Hall–Kier alpha value is -11.5. The van der Waals surface area contributed by atoms with Crippen LogP contribution in [0, 0.1) is 63.1 Å². The van der Waals surface area contributed by atoms with Crippen molar-refractivity contribution in [1.82, 2.24) is 54.3 Å². The van der Waals surface area contributed by atoms with E-state index in [2.05, 4.69) is 50.0 Å². The van der Waals surface area contributed by atoms with E-state index in [-0.39, 0.29) is 67.1 Å². The summed E-state index contributed by atoms with van der Waals surface area (Å²) in [5, 5.41) is 20.5. The topological polar surface area (TPSA) is 241 Å². The molecular formula is C86H105ClF7N13O8. The van der Waals surface area contributed by atoms with Crippen molar-refractivity contribution in [3.05, 3.63) is 315 Å². The Labute approximate surface area is 675 Å². The molecule has 3 aromatic heterocycles. The predicted molar refractivity (Wildman–Crippen MR) is 437 cm³/mol. The molecule has 5 N–H and O–H groups in total. The molecule has 0 radical (unpaired) electrons. The third-order valence-corrected chi connectivity index (χ3v) is 21.3. The molecule has 1 atom stereocenters. The number of nitrogens with one attached hydrogen (secondary N) is 3. The fourth-order valence-electron chi connectivity index (χ4n) is 14.2. The largest absolute Gasteiger partial charge is 0.618 e. The number of likely N-dealkylation sites (tertiary alicyclic amines) is 2. The van der Waals surface area contributed by atoms with Crippen molar-refractivity contribution in [2.75, 3.05) is 52.4 Å². The standard InChI is InChI=1S/C33H35F3N4O2.C31H33ClFN5O3.C22H25F3N4O3.6H2/c1-22-7-9-24(10-8-22)15-18-39(21-28-23(2)37(3)40(32(28)41)27-13-11-25(34)12-14-27)26-16-19-38(20-17-26)33(42)31-29(35)5-4-6-30(31)36;1-22-28(30(39)38(34(22)2)27-12-10-25(33)11-13-27)21-36(18-14-23-6-8-24(32)9-7-23)26-15-19-35(20-16-26)31(40)29-5-3-4-17-37(29)41;1-13-6-7-16(14(2)8-13)10-27-11-18(20(26)31)29-19(30)12-28-21(32)15-4-3-5-17(9-15)22(23,24)25;;;;;;/h4-14,26H,15-21H2,1-3H3;3-13,17,26H,14-16,18-21H2,1-2H3;3-9,18,27H,10-12H2,1-2H3,(H2,26,31)(H,28,32)(H,29,30);6*1H/t;;18-;;;;;;/m..0....../s1. The van der Waals surface area contributed by atoms with Gasteiger partial charge in [0.25, 0.3) is 28.6 Å². The number of hydrogen-bond acceptors (Lipinski definition) is 11. The van der Waals surface area contributed by atoms with Gasteiger partial charge in [-0.3, -0.25) is 52.7 Å². The lowest BCUT2D eigenvalue weighted by molar-refractivity contribution is -0.608. The van der Waals surface area contributed by atoms with E-state index in [4.69, 9.17) is 17.3 Å². The molecule has 5 amide bonds. The molecule has 0 unspecified atom stereocenters. The number of piperidine rings is 2. The van der Waals surface area contributed by atoms with E-state index in [0.717, 1.165) is 83.6 Å². The Kier molecular flexibility index (Phi) is 29.2. The van der Waals surface area contributed by atoms with E-state index in [1.54, 1.807) is 61.4 Å². The number of alkyl halides is 3. The highest BCUT2D eigenvalue weighted by molar-refractivity contribution is 6.30. The van der Waals surface area contributed by atoms with Gasteiger partial charge in [0.1, 0.15) is 34.9 Å². The van der Waals surface area contributed by atoms with E-state index in [1.807, 2.05) is 95.9 Å². The van der Waals surface area contributed by atoms with Gasteiger partial charge in [0.05, 0.1) is 34.6 Å². The van der Waals surface area contributed by atoms with Crippen molar-refractivity contribution in [1.29, 1.82) is 0 Å². The predicted octanol–water partition coefficient (Wildman–Crippen LogP) is 13.1. The number of aryl methyl sites for hydroxylation is 3. The molecule has 0 saturated carbocycles. The van der Waals surface area contributed by atoms with Crippen molar-refractivity contribution in [2.45, 2.75) is 117 Å². The van der Waals surface area contributed by atoms with E-state index < -0.39 is 65.2 Å². The van der Waals surface area contributed by atoms with Crippen LogP contribution < -0.4 is 37.5 Å². The van der Waals surface area contributed by atoms with Crippen LogP contribution in [-0.4, -0.2) is 138 Å². The summed E-state index contributed by atoms with van der Waals surface area (Å²) in [4.78, 5) is 97.0. The summed E-state index contributed by atoms with van der Waals surface area (Å²) in [7, 11) is 3.64. The number of pyridine rings is 1. The number of halogens is 8. The number of amides is 5.